The Morgan fingerprint density at radius 2 is 0.918 bits per heavy atom. The zero-order chi connectivity index (χ0) is 40.3. The summed E-state index contributed by atoms with van der Waals surface area (Å²) < 4.78 is 8.88. The summed E-state index contributed by atoms with van der Waals surface area (Å²) in [6, 6.07) is 81.2. The highest BCUT2D eigenvalue weighted by molar-refractivity contribution is 7.26. The topological polar surface area (TPSA) is 16.4 Å². The minimum Gasteiger partial charge on any atom is -0.456 e. The second-order valence-electron chi connectivity index (χ2n) is 15.6. The molecule has 3 heteroatoms. The van der Waals surface area contributed by atoms with Crippen molar-refractivity contribution in [2.45, 2.75) is 0 Å². The van der Waals surface area contributed by atoms with Gasteiger partial charge in [-0.25, -0.2) is 0 Å². The van der Waals surface area contributed by atoms with E-state index in [1.165, 1.54) is 58.8 Å². The lowest BCUT2D eigenvalue weighted by Gasteiger charge is -2.28. The molecule has 286 valence electrons. The smallest absolute Gasteiger partial charge is 0.136 e. The van der Waals surface area contributed by atoms with Gasteiger partial charge in [0, 0.05) is 53.4 Å². The summed E-state index contributed by atoms with van der Waals surface area (Å²) in [5, 5.41) is 7.38. The molecule has 0 aliphatic rings. The van der Waals surface area contributed by atoms with Crippen molar-refractivity contribution < 1.29 is 4.42 Å². The number of fused-ring (bicyclic) bond motifs is 7. The van der Waals surface area contributed by atoms with E-state index >= 15 is 0 Å². The van der Waals surface area contributed by atoms with Gasteiger partial charge in [0.25, 0.3) is 0 Å². The number of anilines is 3. The van der Waals surface area contributed by atoms with Crippen LogP contribution in [-0.2, 0) is 0 Å². The Balaban J connectivity index is 0.981. The minimum absolute atomic E-state index is 0.899. The van der Waals surface area contributed by atoms with E-state index in [9.17, 15) is 0 Å². The Hall–Kier alpha value is -7.72. The lowest BCUT2D eigenvalue weighted by molar-refractivity contribution is 0.669. The fourth-order valence-corrected chi connectivity index (χ4v) is 10.4. The van der Waals surface area contributed by atoms with Crippen LogP contribution in [0, 0.1) is 0 Å². The summed E-state index contributed by atoms with van der Waals surface area (Å²) in [5.74, 6) is 0. The SMILES string of the molecule is c1cc(-c2ccc(-c3cccc4ccccc34)cc2)cc(N(c2ccc(-c3ccc4c(c3)oc3ccccc34)cc2)c2ccccc2-c2cccc3c2sc2ccccc23)c1. The van der Waals surface area contributed by atoms with Crippen LogP contribution in [0.1, 0.15) is 0 Å². The molecule has 12 rings (SSSR count). The summed E-state index contributed by atoms with van der Waals surface area (Å²) in [4.78, 5) is 2.42. The van der Waals surface area contributed by atoms with E-state index in [0.29, 0.717) is 0 Å². The van der Waals surface area contributed by atoms with Gasteiger partial charge in [-0.15, -0.1) is 11.3 Å². The zero-order valence-electron chi connectivity index (χ0n) is 33.1. The predicted octanol–water partition coefficient (Wildman–Crippen LogP) is 17.2. The number of rotatable bonds is 7. The summed E-state index contributed by atoms with van der Waals surface area (Å²) in [6.45, 7) is 0. The van der Waals surface area contributed by atoms with Crippen molar-refractivity contribution in [2.75, 3.05) is 4.90 Å². The fourth-order valence-electron chi connectivity index (χ4n) is 9.14. The number of benzene rings is 10. The molecule has 0 fully saturated rings. The first-order valence-electron chi connectivity index (χ1n) is 20.7. The maximum atomic E-state index is 6.28. The van der Waals surface area contributed by atoms with Crippen molar-refractivity contribution in [3.63, 3.8) is 0 Å². The van der Waals surface area contributed by atoms with Gasteiger partial charge in [-0.3, -0.25) is 0 Å². The van der Waals surface area contributed by atoms with Crippen molar-refractivity contribution in [3.05, 3.63) is 224 Å². The van der Waals surface area contributed by atoms with Gasteiger partial charge in [0.15, 0.2) is 0 Å². The summed E-state index contributed by atoms with van der Waals surface area (Å²) >= 11 is 1.87. The molecule has 0 N–H and O–H groups in total. The third kappa shape index (κ3) is 6.09. The van der Waals surface area contributed by atoms with E-state index in [-0.39, 0.29) is 0 Å². The third-order valence-corrected chi connectivity index (χ3v) is 13.3. The van der Waals surface area contributed by atoms with Gasteiger partial charge in [0.1, 0.15) is 11.2 Å². The van der Waals surface area contributed by atoms with Crippen LogP contribution in [0.15, 0.2) is 229 Å². The van der Waals surface area contributed by atoms with E-state index in [0.717, 1.165) is 55.7 Å². The van der Waals surface area contributed by atoms with E-state index in [4.69, 9.17) is 4.42 Å². The molecule has 2 nitrogen and oxygen atoms in total. The van der Waals surface area contributed by atoms with Gasteiger partial charge in [-0.05, 0) is 98.8 Å². The molecule has 0 saturated carbocycles. The average molecular weight is 796 g/mol. The lowest BCUT2D eigenvalue weighted by Crippen LogP contribution is -2.11. The first-order valence-corrected chi connectivity index (χ1v) is 21.6. The van der Waals surface area contributed by atoms with Crippen LogP contribution < -0.4 is 4.90 Å². The van der Waals surface area contributed by atoms with Crippen LogP contribution >= 0.6 is 11.3 Å². The number of hydrogen-bond donors (Lipinski definition) is 0. The van der Waals surface area contributed by atoms with Crippen molar-refractivity contribution in [1.29, 1.82) is 0 Å². The Morgan fingerprint density at radius 3 is 1.80 bits per heavy atom. The quantitative estimate of drug-likeness (QED) is 0.160. The van der Waals surface area contributed by atoms with Gasteiger partial charge in [0.05, 0.1) is 5.69 Å². The van der Waals surface area contributed by atoms with E-state index < -0.39 is 0 Å². The summed E-state index contributed by atoms with van der Waals surface area (Å²) in [5.41, 5.74) is 14.5. The third-order valence-electron chi connectivity index (χ3n) is 12.1. The number of nitrogens with zero attached hydrogens (tertiary/aromatic N) is 1. The molecule has 0 spiro atoms. The predicted molar refractivity (Wildman–Crippen MR) is 261 cm³/mol. The highest BCUT2D eigenvalue weighted by Gasteiger charge is 2.20. The molecule has 0 bridgehead atoms. The summed E-state index contributed by atoms with van der Waals surface area (Å²) in [6.07, 6.45) is 0. The molecule has 0 amide bonds. The second kappa shape index (κ2) is 14.5. The van der Waals surface area contributed by atoms with E-state index in [2.05, 4.69) is 217 Å². The average Bonchev–Trinajstić information content (AvgIpc) is 3.90. The molecule has 0 aliphatic carbocycles. The Kier molecular flexibility index (Phi) is 8.39. The number of furan rings is 1. The maximum absolute atomic E-state index is 6.28. The number of hydrogen-bond acceptors (Lipinski definition) is 3. The standard InChI is InChI=1S/C58H37NOS/c1-2-16-46-40(12-1)13-10-20-47(46)41-28-26-38(27-29-41)42-14-9-15-45(36-42)59(44-33-30-39(31-34-44)43-32-35-50-49-18-4-7-24-55(49)60-56(50)37-43)54-23-6-3-17-48(54)52-21-11-22-53-51-19-5-8-25-57(51)61-58(52)53/h1-37H. The highest BCUT2D eigenvalue weighted by atomic mass is 32.1. The molecule has 10 aromatic carbocycles. The Labute approximate surface area is 357 Å². The molecule has 0 aliphatic heterocycles. The Bertz CT molecular complexity index is 3590. The van der Waals surface area contributed by atoms with Crippen LogP contribution in [0.25, 0.3) is 97.4 Å². The molecular weight excluding hydrogens is 759 g/mol. The van der Waals surface area contributed by atoms with Gasteiger partial charge in [-0.1, -0.05) is 170 Å². The molecule has 0 unspecified atom stereocenters. The number of para-hydroxylation sites is 2. The largest absolute Gasteiger partial charge is 0.456 e. The molecule has 0 radical (unpaired) electrons. The second-order valence-corrected chi connectivity index (χ2v) is 16.7. The fraction of sp³-hybridized carbons (Fsp3) is 0. The molecular formula is C58H37NOS. The van der Waals surface area contributed by atoms with E-state index in [1.807, 2.05) is 23.5 Å². The van der Waals surface area contributed by atoms with Gasteiger partial charge >= 0.3 is 0 Å². The molecule has 61 heavy (non-hydrogen) atoms. The molecule has 0 saturated heterocycles. The minimum atomic E-state index is 0.899. The van der Waals surface area contributed by atoms with Crippen LogP contribution in [0.5, 0.6) is 0 Å². The van der Waals surface area contributed by atoms with Crippen molar-refractivity contribution in [3.8, 4) is 44.5 Å². The monoisotopic (exact) mass is 795 g/mol. The van der Waals surface area contributed by atoms with Gasteiger partial charge in [-0.2, -0.15) is 0 Å². The first-order chi connectivity index (χ1) is 30.2. The van der Waals surface area contributed by atoms with Crippen LogP contribution in [0.3, 0.4) is 0 Å². The Morgan fingerprint density at radius 1 is 0.328 bits per heavy atom. The lowest BCUT2D eigenvalue weighted by atomic mass is 9.96. The van der Waals surface area contributed by atoms with Crippen LogP contribution in [0.4, 0.5) is 17.1 Å². The summed E-state index contributed by atoms with van der Waals surface area (Å²) in [7, 11) is 0. The van der Waals surface area contributed by atoms with Gasteiger partial charge < -0.3 is 9.32 Å². The van der Waals surface area contributed by atoms with Gasteiger partial charge in [0.2, 0.25) is 0 Å². The highest BCUT2D eigenvalue weighted by Crippen LogP contribution is 2.47. The van der Waals surface area contributed by atoms with Crippen molar-refractivity contribution in [2.24, 2.45) is 0 Å². The first kappa shape index (κ1) is 35.2. The molecule has 0 atom stereocenters. The normalized spacial score (nSPS) is 11.6. The maximum Gasteiger partial charge on any atom is 0.136 e. The van der Waals surface area contributed by atoms with Crippen LogP contribution in [0.2, 0.25) is 0 Å². The van der Waals surface area contributed by atoms with Crippen molar-refractivity contribution in [1.82, 2.24) is 0 Å². The van der Waals surface area contributed by atoms with E-state index in [1.54, 1.807) is 0 Å². The molecule has 12 aromatic rings. The van der Waals surface area contributed by atoms with Crippen molar-refractivity contribution >= 4 is 81.3 Å². The zero-order valence-corrected chi connectivity index (χ0v) is 33.9. The molecule has 2 heterocycles. The molecule has 2 aromatic heterocycles. The number of thiophene rings is 1. The van der Waals surface area contributed by atoms with Crippen LogP contribution in [-0.4, -0.2) is 0 Å².